The summed E-state index contributed by atoms with van der Waals surface area (Å²) >= 11 is 0. The van der Waals surface area contributed by atoms with E-state index in [1.54, 1.807) is 12.4 Å². The molecule has 0 bridgehead atoms. The fraction of sp³-hybridized carbons (Fsp3) is 0.333. The van der Waals surface area contributed by atoms with Crippen LogP contribution < -0.4 is 0 Å². The van der Waals surface area contributed by atoms with Gasteiger partial charge in [-0.2, -0.15) is 0 Å². The third kappa shape index (κ3) is 5.21. The SMILES string of the molecule is Cc1nccn1CC1CCc2c(c3ccccc3n2C)C1=O.Cc1nccn1CC1CCc2c(c3ccccc3n2C)C1=O.Cl. The van der Waals surface area contributed by atoms with Crippen LogP contribution in [0.1, 0.15) is 56.6 Å². The molecule has 9 heteroatoms. The van der Waals surface area contributed by atoms with Crippen molar-refractivity contribution >= 4 is 45.8 Å². The van der Waals surface area contributed by atoms with E-state index < -0.39 is 0 Å². The maximum absolute atomic E-state index is 13.0. The van der Waals surface area contributed by atoms with Gasteiger partial charge in [-0.25, -0.2) is 9.97 Å². The molecule has 4 heterocycles. The standard InChI is InChI=1S/2C18H19N3O.ClH/c2*1-12-19-9-10-21(12)11-13-7-8-16-17(18(13)22)14-5-3-4-6-15(14)20(16)2;/h2*3-6,9-10,13H,7-8,11H2,1-2H3;1H. The summed E-state index contributed by atoms with van der Waals surface area (Å²) < 4.78 is 8.53. The zero-order valence-electron chi connectivity index (χ0n) is 26.2. The molecular formula is C36H39ClN6O2. The molecule has 4 aromatic heterocycles. The Balaban J connectivity index is 0.000000155. The Bertz CT molecular complexity index is 1900. The number of ketones is 2. The number of Topliss-reactive ketones (excluding diaryl/α,β-unsaturated/α-hetero) is 2. The van der Waals surface area contributed by atoms with Gasteiger partial charge in [-0.3, -0.25) is 9.59 Å². The molecule has 0 spiro atoms. The number of para-hydroxylation sites is 2. The average molecular weight is 623 g/mol. The fourth-order valence-corrected chi connectivity index (χ4v) is 7.34. The Morgan fingerprint density at radius 2 is 1.07 bits per heavy atom. The lowest BCUT2D eigenvalue weighted by Crippen LogP contribution is -2.27. The van der Waals surface area contributed by atoms with E-state index in [2.05, 4.69) is 66.6 Å². The summed E-state index contributed by atoms with van der Waals surface area (Å²) in [4.78, 5) is 34.6. The predicted octanol–water partition coefficient (Wildman–Crippen LogP) is 6.68. The van der Waals surface area contributed by atoms with Crippen LogP contribution in [0.25, 0.3) is 21.8 Å². The zero-order valence-corrected chi connectivity index (χ0v) is 27.1. The summed E-state index contributed by atoms with van der Waals surface area (Å²) in [5.74, 6) is 2.60. The third-order valence-electron chi connectivity index (χ3n) is 9.83. The molecular weight excluding hydrogens is 584 g/mol. The molecule has 0 N–H and O–H groups in total. The van der Waals surface area contributed by atoms with Gasteiger partial charge in [0, 0.05) is 108 Å². The van der Waals surface area contributed by atoms with Crippen molar-refractivity contribution in [3.05, 3.63) is 107 Å². The molecule has 2 unspecified atom stereocenters. The van der Waals surface area contributed by atoms with Crippen molar-refractivity contribution in [3.8, 4) is 0 Å². The van der Waals surface area contributed by atoms with Crippen LogP contribution in [-0.2, 0) is 40.0 Å². The van der Waals surface area contributed by atoms with E-state index in [9.17, 15) is 9.59 Å². The van der Waals surface area contributed by atoms with Crippen molar-refractivity contribution in [2.24, 2.45) is 25.9 Å². The van der Waals surface area contributed by atoms with E-state index in [1.165, 1.54) is 11.4 Å². The zero-order chi connectivity index (χ0) is 30.5. The lowest BCUT2D eigenvalue weighted by Gasteiger charge is -2.23. The van der Waals surface area contributed by atoms with Gasteiger partial charge in [0.25, 0.3) is 0 Å². The molecule has 0 saturated heterocycles. The highest BCUT2D eigenvalue weighted by Gasteiger charge is 2.33. The highest BCUT2D eigenvalue weighted by atomic mass is 35.5. The van der Waals surface area contributed by atoms with Crippen molar-refractivity contribution in [1.82, 2.24) is 28.2 Å². The molecule has 0 amide bonds. The third-order valence-corrected chi connectivity index (χ3v) is 9.83. The van der Waals surface area contributed by atoms with Crippen LogP contribution in [-0.4, -0.2) is 39.8 Å². The van der Waals surface area contributed by atoms with Crippen molar-refractivity contribution in [2.45, 2.75) is 52.6 Å². The van der Waals surface area contributed by atoms with Gasteiger partial charge in [0.15, 0.2) is 11.6 Å². The van der Waals surface area contributed by atoms with Crippen LogP contribution in [0.4, 0.5) is 0 Å². The van der Waals surface area contributed by atoms with Crippen molar-refractivity contribution in [2.75, 3.05) is 0 Å². The van der Waals surface area contributed by atoms with Gasteiger partial charge in [-0.15, -0.1) is 12.4 Å². The van der Waals surface area contributed by atoms with Crippen LogP contribution >= 0.6 is 12.4 Å². The molecule has 45 heavy (non-hydrogen) atoms. The van der Waals surface area contributed by atoms with Crippen molar-refractivity contribution in [3.63, 3.8) is 0 Å². The van der Waals surface area contributed by atoms with E-state index in [1.807, 2.05) is 50.5 Å². The van der Waals surface area contributed by atoms with E-state index in [-0.39, 0.29) is 35.8 Å². The molecule has 8 rings (SSSR count). The van der Waals surface area contributed by atoms with Crippen LogP contribution in [0.3, 0.4) is 0 Å². The number of carbonyl (C=O) groups is 2. The number of aryl methyl sites for hydroxylation is 4. The first kappa shape index (κ1) is 30.6. The summed E-state index contributed by atoms with van der Waals surface area (Å²) in [6.45, 7) is 5.42. The Morgan fingerprint density at radius 1 is 0.667 bits per heavy atom. The van der Waals surface area contributed by atoms with Gasteiger partial charge in [0.05, 0.1) is 0 Å². The molecule has 8 nitrogen and oxygen atoms in total. The molecule has 6 aromatic rings. The molecule has 0 saturated carbocycles. The molecule has 0 radical (unpaired) electrons. The molecule has 0 fully saturated rings. The topological polar surface area (TPSA) is 79.6 Å². The summed E-state index contributed by atoms with van der Waals surface area (Å²) in [5, 5.41) is 2.19. The number of carbonyl (C=O) groups excluding carboxylic acids is 2. The average Bonchev–Trinajstić information content (AvgIpc) is 3.78. The number of rotatable bonds is 4. The predicted molar refractivity (Wildman–Crippen MR) is 179 cm³/mol. The Kier molecular flexibility index (Phi) is 8.27. The summed E-state index contributed by atoms with van der Waals surface area (Å²) in [6, 6.07) is 16.4. The summed E-state index contributed by atoms with van der Waals surface area (Å²) in [6.07, 6.45) is 11.3. The number of nitrogens with zero attached hydrogens (tertiary/aromatic N) is 6. The van der Waals surface area contributed by atoms with E-state index in [0.29, 0.717) is 0 Å². The van der Waals surface area contributed by atoms with E-state index in [4.69, 9.17) is 0 Å². The van der Waals surface area contributed by atoms with E-state index in [0.717, 1.165) is 83.4 Å². The Morgan fingerprint density at radius 3 is 1.44 bits per heavy atom. The largest absolute Gasteiger partial charge is 0.347 e. The Hall–Kier alpha value is -4.43. The smallest absolute Gasteiger partial charge is 0.170 e. The molecule has 2 aliphatic carbocycles. The van der Waals surface area contributed by atoms with Gasteiger partial charge in [-0.1, -0.05) is 36.4 Å². The minimum Gasteiger partial charge on any atom is -0.347 e. The van der Waals surface area contributed by atoms with Crippen LogP contribution in [0.15, 0.2) is 73.3 Å². The lowest BCUT2D eigenvalue weighted by molar-refractivity contribution is 0.0880. The number of imidazole rings is 2. The summed E-state index contributed by atoms with van der Waals surface area (Å²) in [5.41, 5.74) is 6.55. The van der Waals surface area contributed by atoms with Gasteiger partial charge in [0.2, 0.25) is 0 Å². The maximum atomic E-state index is 13.0. The number of fused-ring (bicyclic) bond motifs is 6. The highest BCUT2D eigenvalue weighted by Crippen LogP contribution is 2.35. The van der Waals surface area contributed by atoms with Gasteiger partial charge in [0.1, 0.15) is 11.6 Å². The molecule has 232 valence electrons. The van der Waals surface area contributed by atoms with Crippen molar-refractivity contribution < 1.29 is 9.59 Å². The number of hydrogen-bond donors (Lipinski definition) is 0. The van der Waals surface area contributed by atoms with Crippen LogP contribution in [0.5, 0.6) is 0 Å². The first-order chi connectivity index (χ1) is 21.3. The molecule has 2 aromatic carbocycles. The monoisotopic (exact) mass is 622 g/mol. The molecule has 0 aliphatic heterocycles. The number of aromatic nitrogens is 6. The minimum absolute atomic E-state index is 0. The van der Waals surface area contributed by atoms with E-state index >= 15 is 0 Å². The second kappa shape index (κ2) is 12.2. The molecule has 2 atom stereocenters. The number of hydrogen-bond acceptors (Lipinski definition) is 4. The normalized spacial score (nSPS) is 17.5. The minimum atomic E-state index is 0. The second-order valence-corrected chi connectivity index (χ2v) is 12.2. The Labute approximate surface area is 269 Å². The first-order valence-electron chi connectivity index (χ1n) is 15.5. The number of benzene rings is 2. The van der Waals surface area contributed by atoms with Crippen LogP contribution in [0.2, 0.25) is 0 Å². The maximum Gasteiger partial charge on any atom is 0.170 e. The number of halogens is 1. The first-order valence-corrected chi connectivity index (χ1v) is 15.5. The van der Waals surface area contributed by atoms with Gasteiger partial charge < -0.3 is 18.3 Å². The quantitative estimate of drug-likeness (QED) is 0.220. The summed E-state index contributed by atoms with van der Waals surface area (Å²) in [7, 11) is 4.13. The van der Waals surface area contributed by atoms with Gasteiger partial charge in [-0.05, 0) is 51.7 Å². The van der Waals surface area contributed by atoms with Gasteiger partial charge >= 0.3 is 0 Å². The van der Waals surface area contributed by atoms with Crippen LogP contribution in [0, 0.1) is 25.7 Å². The molecule has 2 aliphatic rings. The fourth-order valence-electron chi connectivity index (χ4n) is 7.34. The highest BCUT2D eigenvalue weighted by molar-refractivity contribution is 6.12. The van der Waals surface area contributed by atoms with Crippen molar-refractivity contribution in [1.29, 1.82) is 0 Å². The second-order valence-electron chi connectivity index (χ2n) is 12.2. The lowest BCUT2D eigenvalue weighted by atomic mass is 9.85.